The van der Waals surface area contributed by atoms with Crippen LogP contribution in [0, 0.1) is 6.92 Å². The summed E-state index contributed by atoms with van der Waals surface area (Å²) in [5.41, 5.74) is 2.58. The van der Waals surface area contributed by atoms with Crippen molar-refractivity contribution in [1.82, 2.24) is 10.2 Å². The standard InChI is InChI=1S/C35H38ClN3O5S/c1-25(2)37-35(41)32(22-27-11-7-5-8-12-27)38(23-28-16-18-29(36)19-17-28)34(40)24-39(31-21-26(3)15-20-33(31)44-4)45(42,43)30-13-9-6-10-14-30/h5-21,25,32H,22-24H2,1-4H3,(H,37,41). The Morgan fingerprint density at radius 3 is 2.09 bits per heavy atom. The number of nitrogens with one attached hydrogen (secondary N) is 1. The molecule has 0 spiro atoms. The molecule has 0 heterocycles. The SMILES string of the molecule is COc1ccc(C)cc1N(CC(=O)N(Cc1ccc(Cl)cc1)C(Cc1ccccc1)C(=O)NC(C)C)S(=O)(=O)c1ccccc1. The van der Waals surface area contributed by atoms with Gasteiger partial charge in [-0.25, -0.2) is 8.42 Å². The maximum Gasteiger partial charge on any atom is 0.264 e. The second-order valence-corrected chi connectivity index (χ2v) is 13.3. The molecule has 0 aliphatic heterocycles. The lowest BCUT2D eigenvalue weighted by Gasteiger charge is -2.34. The van der Waals surface area contributed by atoms with Crippen molar-refractivity contribution >= 4 is 39.1 Å². The van der Waals surface area contributed by atoms with Gasteiger partial charge >= 0.3 is 0 Å². The summed E-state index contributed by atoms with van der Waals surface area (Å²) in [7, 11) is -2.80. The van der Waals surface area contributed by atoms with Gasteiger partial charge in [-0.15, -0.1) is 0 Å². The third kappa shape index (κ3) is 8.65. The molecule has 0 radical (unpaired) electrons. The number of anilines is 1. The fourth-order valence-electron chi connectivity index (χ4n) is 4.95. The number of rotatable bonds is 13. The Kier molecular flexibility index (Phi) is 11.3. The van der Waals surface area contributed by atoms with Crippen LogP contribution in [0.3, 0.4) is 0 Å². The molecule has 4 aromatic carbocycles. The number of hydrogen-bond acceptors (Lipinski definition) is 5. The molecule has 1 N–H and O–H groups in total. The Bertz CT molecular complexity index is 1700. The van der Waals surface area contributed by atoms with Gasteiger partial charge in [0.1, 0.15) is 18.3 Å². The van der Waals surface area contributed by atoms with Gasteiger partial charge in [0.25, 0.3) is 10.0 Å². The second kappa shape index (κ2) is 15.1. The summed E-state index contributed by atoms with van der Waals surface area (Å²) in [4.78, 5) is 29.8. The van der Waals surface area contributed by atoms with Crippen molar-refractivity contribution in [3.8, 4) is 5.75 Å². The fraction of sp³-hybridized carbons (Fsp3) is 0.257. The zero-order valence-corrected chi connectivity index (χ0v) is 27.4. The predicted octanol–water partition coefficient (Wildman–Crippen LogP) is 6.02. The minimum Gasteiger partial charge on any atom is -0.495 e. The van der Waals surface area contributed by atoms with E-state index < -0.39 is 28.5 Å². The average Bonchev–Trinajstić information content (AvgIpc) is 3.02. The monoisotopic (exact) mass is 647 g/mol. The Labute approximate surface area is 270 Å². The van der Waals surface area contributed by atoms with E-state index in [9.17, 15) is 18.0 Å². The van der Waals surface area contributed by atoms with Crippen LogP contribution in [0.4, 0.5) is 5.69 Å². The van der Waals surface area contributed by atoms with Crippen LogP contribution in [0.2, 0.25) is 5.02 Å². The Hall–Kier alpha value is -4.34. The number of benzene rings is 4. The molecule has 0 aromatic heterocycles. The first-order chi connectivity index (χ1) is 21.5. The van der Waals surface area contributed by atoms with E-state index in [0.29, 0.717) is 5.02 Å². The van der Waals surface area contributed by atoms with Gasteiger partial charge in [-0.1, -0.05) is 78.3 Å². The molecule has 0 fully saturated rings. The third-order valence-electron chi connectivity index (χ3n) is 7.18. The van der Waals surface area contributed by atoms with Crippen molar-refractivity contribution in [2.75, 3.05) is 18.0 Å². The van der Waals surface area contributed by atoms with Crippen LogP contribution in [-0.4, -0.2) is 50.9 Å². The molecular formula is C35H38ClN3O5S. The molecule has 4 rings (SSSR count). The van der Waals surface area contributed by atoms with Gasteiger partial charge in [-0.2, -0.15) is 0 Å². The third-order valence-corrected chi connectivity index (χ3v) is 9.21. The minimum absolute atomic E-state index is 0.0176. The number of hydrogen-bond donors (Lipinski definition) is 1. The quantitative estimate of drug-likeness (QED) is 0.192. The van der Waals surface area contributed by atoms with Crippen LogP contribution in [0.25, 0.3) is 0 Å². The summed E-state index contributed by atoms with van der Waals surface area (Å²) >= 11 is 6.14. The lowest BCUT2D eigenvalue weighted by atomic mass is 10.0. The zero-order chi connectivity index (χ0) is 32.6. The molecule has 0 saturated carbocycles. The molecule has 0 bridgehead atoms. The van der Waals surface area contributed by atoms with Crippen molar-refractivity contribution in [2.45, 2.75) is 50.7 Å². The highest BCUT2D eigenvalue weighted by atomic mass is 35.5. The van der Waals surface area contributed by atoms with E-state index in [4.69, 9.17) is 16.3 Å². The van der Waals surface area contributed by atoms with E-state index in [1.165, 1.54) is 24.1 Å². The lowest BCUT2D eigenvalue weighted by Crippen LogP contribution is -2.54. The molecule has 45 heavy (non-hydrogen) atoms. The molecule has 0 aliphatic rings. The smallest absolute Gasteiger partial charge is 0.264 e. The fourth-order valence-corrected chi connectivity index (χ4v) is 6.51. The Balaban J connectivity index is 1.84. The summed E-state index contributed by atoms with van der Waals surface area (Å²) in [6, 6.07) is 28.3. The normalized spacial score (nSPS) is 12.0. The highest BCUT2D eigenvalue weighted by Crippen LogP contribution is 2.34. The summed E-state index contributed by atoms with van der Waals surface area (Å²) in [6.07, 6.45) is 0.220. The maximum atomic E-state index is 14.6. The molecular weight excluding hydrogens is 610 g/mol. The van der Waals surface area contributed by atoms with Crippen molar-refractivity contribution < 1.29 is 22.7 Å². The number of carbonyl (C=O) groups excluding carboxylic acids is 2. The van der Waals surface area contributed by atoms with Gasteiger partial charge in [0.15, 0.2) is 0 Å². The molecule has 2 amide bonds. The van der Waals surface area contributed by atoms with Crippen LogP contribution >= 0.6 is 11.6 Å². The van der Waals surface area contributed by atoms with E-state index in [1.54, 1.807) is 60.7 Å². The van der Waals surface area contributed by atoms with E-state index in [1.807, 2.05) is 51.1 Å². The van der Waals surface area contributed by atoms with Gasteiger partial charge in [0.2, 0.25) is 11.8 Å². The first kappa shape index (κ1) is 33.6. The number of carbonyl (C=O) groups is 2. The van der Waals surface area contributed by atoms with Gasteiger partial charge in [0.05, 0.1) is 17.7 Å². The second-order valence-electron chi connectivity index (χ2n) is 11.0. The van der Waals surface area contributed by atoms with Crippen molar-refractivity contribution in [2.24, 2.45) is 0 Å². The van der Waals surface area contributed by atoms with E-state index in [-0.39, 0.29) is 41.2 Å². The van der Waals surface area contributed by atoms with Crippen LogP contribution in [-0.2, 0) is 32.6 Å². The Morgan fingerprint density at radius 2 is 1.49 bits per heavy atom. The number of halogens is 1. The Morgan fingerprint density at radius 1 is 0.867 bits per heavy atom. The van der Waals surface area contributed by atoms with Gasteiger partial charge < -0.3 is 15.0 Å². The van der Waals surface area contributed by atoms with Crippen LogP contribution in [0.1, 0.15) is 30.5 Å². The molecule has 236 valence electrons. The first-order valence-corrected chi connectivity index (χ1v) is 16.4. The number of methoxy groups -OCH3 is 1. The summed E-state index contributed by atoms with van der Waals surface area (Å²) in [6.45, 7) is 4.99. The summed E-state index contributed by atoms with van der Waals surface area (Å²) in [5.74, 6) is -0.620. The van der Waals surface area contributed by atoms with Crippen LogP contribution in [0.15, 0.2) is 108 Å². The predicted molar refractivity (Wildman–Crippen MR) is 178 cm³/mol. The van der Waals surface area contributed by atoms with Crippen molar-refractivity contribution in [3.05, 3.63) is 125 Å². The topological polar surface area (TPSA) is 96.0 Å². The molecule has 1 unspecified atom stereocenters. The largest absolute Gasteiger partial charge is 0.495 e. The van der Waals surface area contributed by atoms with Gasteiger partial charge in [0, 0.05) is 24.0 Å². The van der Waals surface area contributed by atoms with E-state index >= 15 is 0 Å². The molecule has 10 heteroatoms. The summed E-state index contributed by atoms with van der Waals surface area (Å²) < 4.78 is 35.0. The van der Waals surface area contributed by atoms with Gasteiger partial charge in [-0.3, -0.25) is 13.9 Å². The van der Waals surface area contributed by atoms with Crippen molar-refractivity contribution in [1.29, 1.82) is 0 Å². The maximum absolute atomic E-state index is 14.6. The van der Waals surface area contributed by atoms with Gasteiger partial charge in [-0.05, 0) is 73.9 Å². The first-order valence-electron chi connectivity index (χ1n) is 14.6. The average molecular weight is 648 g/mol. The molecule has 1 atom stereocenters. The summed E-state index contributed by atoms with van der Waals surface area (Å²) in [5, 5.41) is 3.48. The minimum atomic E-state index is -4.25. The number of sulfonamides is 1. The number of aryl methyl sites for hydroxylation is 1. The van der Waals surface area contributed by atoms with E-state index in [2.05, 4.69) is 5.32 Å². The highest BCUT2D eigenvalue weighted by Gasteiger charge is 2.35. The lowest BCUT2D eigenvalue weighted by molar-refractivity contribution is -0.140. The number of ether oxygens (including phenoxy) is 1. The molecule has 4 aromatic rings. The highest BCUT2D eigenvalue weighted by molar-refractivity contribution is 7.92. The number of amides is 2. The molecule has 8 nitrogen and oxygen atoms in total. The number of nitrogens with zero attached hydrogens (tertiary/aromatic N) is 2. The van der Waals surface area contributed by atoms with E-state index in [0.717, 1.165) is 21.0 Å². The molecule has 0 saturated heterocycles. The van der Waals surface area contributed by atoms with Crippen LogP contribution in [0.5, 0.6) is 5.75 Å². The van der Waals surface area contributed by atoms with Crippen LogP contribution < -0.4 is 14.4 Å². The van der Waals surface area contributed by atoms with Crippen molar-refractivity contribution in [3.63, 3.8) is 0 Å². The zero-order valence-electron chi connectivity index (χ0n) is 25.8. The molecule has 0 aliphatic carbocycles.